The largest absolute Gasteiger partial charge is 0.337 e. The van der Waals surface area contributed by atoms with Gasteiger partial charge in [-0.05, 0) is 37.5 Å². The van der Waals surface area contributed by atoms with E-state index in [4.69, 9.17) is 0 Å². The summed E-state index contributed by atoms with van der Waals surface area (Å²) in [7, 11) is 0. The van der Waals surface area contributed by atoms with E-state index in [1.807, 2.05) is 26.4 Å². The van der Waals surface area contributed by atoms with Gasteiger partial charge in [0.05, 0.1) is 17.6 Å². The van der Waals surface area contributed by atoms with E-state index in [2.05, 4.69) is 22.2 Å². The van der Waals surface area contributed by atoms with Gasteiger partial charge < -0.3 is 9.47 Å². The zero-order valence-electron chi connectivity index (χ0n) is 16.8. The number of nitrogens with zero attached hydrogens (tertiary/aromatic N) is 7. The SMILES string of the molecule is CCCn1c(C(=O)N2CCC(n3ccnn3)CC2)cc2c(=O)n3ccccc3nc21. The molecule has 1 aliphatic rings. The molecular formula is C21H23N7O2. The molecule has 30 heavy (non-hydrogen) atoms. The molecule has 154 valence electrons. The van der Waals surface area contributed by atoms with Gasteiger partial charge in [-0.25, -0.2) is 9.67 Å². The number of fused-ring (bicyclic) bond motifs is 2. The van der Waals surface area contributed by atoms with Crippen LogP contribution in [-0.4, -0.2) is 52.8 Å². The second kappa shape index (κ2) is 7.40. The molecule has 0 aliphatic carbocycles. The van der Waals surface area contributed by atoms with Crippen LogP contribution in [0.3, 0.4) is 0 Å². The first kappa shape index (κ1) is 18.5. The van der Waals surface area contributed by atoms with E-state index in [0.717, 1.165) is 19.3 Å². The molecule has 1 fully saturated rings. The van der Waals surface area contributed by atoms with Crippen LogP contribution in [0.5, 0.6) is 0 Å². The van der Waals surface area contributed by atoms with E-state index >= 15 is 0 Å². The van der Waals surface area contributed by atoms with Gasteiger partial charge in [-0.1, -0.05) is 18.2 Å². The Kier molecular flexibility index (Phi) is 4.57. The highest BCUT2D eigenvalue weighted by atomic mass is 16.2. The van der Waals surface area contributed by atoms with Crippen molar-refractivity contribution in [2.24, 2.45) is 0 Å². The predicted octanol–water partition coefficient (Wildman–Crippen LogP) is 2.13. The van der Waals surface area contributed by atoms with Crippen LogP contribution < -0.4 is 5.56 Å². The summed E-state index contributed by atoms with van der Waals surface area (Å²) in [6.07, 6.45) is 7.75. The third kappa shape index (κ3) is 2.97. The van der Waals surface area contributed by atoms with Crippen LogP contribution in [0.4, 0.5) is 0 Å². The molecule has 0 N–H and O–H groups in total. The quantitative estimate of drug-likeness (QED) is 0.519. The Morgan fingerprint density at radius 1 is 1.20 bits per heavy atom. The Bertz CT molecular complexity index is 1260. The third-order valence-electron chi connectivity index (χ3n) is 5.81. The molecule has 9 heteroatoms. The van der Waals surface area contributed by atoms with Gasteiger partial charge in [-0.2, -0.15) is 0 Å². The molecule has 9 nitrogen and oxygen atoms in total. The molecule has 1 amide bonds. The molecule has 0 spiro atoms. The zero-order chi connectivity index (χ0) is 20.7. The number of rotatable bonds is 4. The number of hydrogen-bond donors (Lipinski definition) is 0. The molecule has 0 radical (unpaired) electrons. The van der Waals surface area contributed by atoms with Gasteiger partial charge in [0, 0.05) is 32.0 Å². The number of aromatic nitrogens is 6. The summed E-state index contributed by atoms with van der Waals surface area (Å²) in [5.74, 6) is -0.0491. The van der Waals surface area contributed by atoms with Crippen molar-refractivity contribution in [1.29, 1.82) is 0 Å². The van der Waals surface area contributed by atoms with Crippen molar-refractivity contribution in [1.82, 2.24) is 33.8 Å². The van der Waals surface area contributed by atoms with Crippen molar-refractivity contribution in [2.45, 2.75) is 38.8 Å². The molecule has 0 saturated carbocycles. The average Bonchev–Trinajstić information content (AvgIpc) is 3.43. The standard InChI is InChI=1S/C21H23N7O2/c1-2-9-26-17(14-16-19(26)23-18-5-3-4-10-27(18)20(16)29)21(30)25-11-6-15(7-12-25)28-13-8-22-24-28/h3-5,8,10,13-15H,2,6-7,9,11-12H2,1H3. The predicted molar refractivity (Wildman–Crippen MR) is 111 cm³/mol. The second-order valence-electron chi connectivity index (χ2n) is 7.67. The second-order valence-corrected chi connectivity index (χ2v) is 7.67. The lowest BCUT2D eigenvalue weighted by molar-refractivity contribution is 0.0678. The van der Waals surface area contributed by atoms with Crippen LogP contribution in [0.2, 0.25) is 0 Å². The number of carbonyl (C=O) groups excluding carboxylic acids is 1. The maximum absolute atomic E-state index is 13.4. The van der Waals surface area contributed by atoms with Crippen LogP contribution in [0.1, 0.15) is 42.7 Å². The summed E-state index contributed by atoms with van der Waals surface area (Å²) in [4.78, 5) is 33.0. The molecule has 1 saturated heterocycles. The highest BCUT2D eigenvalue weighted by molar-refractivity contribution is 5.98. The number of hydrogen-bond acceptors (Lipinski definition) is 5. The van der Waals surface area contributed by atoms with Gasteiger partial charge in [0.2, 0.25) is 0 Å². The van der Waals surface area contributed by atoms with Crippen LogP contribution >= 0.6 is 0 Å². The van der Waals surface area contributed by atoms with Crippen molar-refractivity contribution >= 4 is 22.6 Å². The summed E-state index contributed by atoms with van der Waals surface area (Å²) in [6.45, 7) is 3.98. The maximum Gasteiger partial charge on any atom is 0.270 e. The number of carbonyl (C=O) groups is 1. The van der Waals surface area contributed by atoms with Gasteiger partial charge in [0.1, 0.15) is 17.0 Å². The van der Waals surface area contributed by atoms with Gasteiger partial charge in [-0.15, -0.1) is 5.10 Å². The van der Waals surface area contributed by atoms with Gasteiger partial charge >= 0.3 is 0 Å². The Labute approximate surface area is 172 Å². The minimum atomic E-state index is -0.149. The summed E-state index contributed by atoms with van der Waals surface area (Å²) in [6, 6.07) is 7.43. The van der Waals surface area contributed by atoms with E-state index in [-0.39, 0.29) is 17.5 Å². The summed E-state index contributed by atoms with van der Waals surface area (Å²) >= 11 is 0. The number of pyridine rings is 1. The smallest absolute Gasteiger partial charge is 0.270 e. The van der Waals surface area contributed by atoms with Crippen LogP contribution in [0.25, 0.3) is 16.7 Å². The topological polar surface area (TPSA) is 90.3 Å². The summed E-state index contributed by atoms with van der Waals surface area (Å²) < 4.78 is 5.29. The normalized spacial score (nSPS) is 15.3. The molecule has 0 aromatic carbocycles. The lowest BCUT2D eigenvalue weighted by Gasteiger charge is -2.32. The summed E-state index contributed by atoms with van der Waals surface area (Å²) in [5.41, 5.74) is 1.54. The van der Waals surface area contributed by atoms with Gasteiger partial charge in [-0.3, -0.25) is 14.0 Å². The van der Waals surface area contributed by atoms with Crippen molar-refractivity contribution in [3.8, 4) is 0 Å². The van der Waals surface area contributed by atoms with Crippen molar-refractivity contribution in [3.63, 3.8) is 0 Å². The highest BCUT2D eigenvalue weighted by Gasteiger charge is 2.28. The molecule has 4 aromatic heterocycles. The van der Waals surface area contributed by atoms with E-state index in [1.165, 1.54) is 4.40 Å². The first-order chi connectivity index (χ1) is 14.7. The Morgan fingerprint density at radius 2 is 2.03 bits per heavy atom. The molecule has 1 aliphatic heterocycles. The van der Waals surface area contributed by atoms with Crippen molar-refractivity contribution < 1.29 is 4.79 Å². The lowest BCUT2D eigenvalue weighted by Crippen LogP contribution is -2.40. The number of aryl methyl sites for hydroxylation is 1. The molecule has 5 heterocycles. The molecule has 4 aromatic rings. The first-order valence-corrected chi connectivity index (χ1v) is 10.3. The van der Waals surface area contributed by atoms with E-state index in [1.54, 1.807) is 30.6 Å². The highest BCUT2D eigenvalue weighted by Crippen LogP contribution is 2.24. The van der Waals surface area contributed by atoms with Crippen molar-refractivity contribution in [3.05, 3.63) is 58.9 Å². The molecular weight excluding hydrogens is 382 g/mol. The summed E-state index contributed by atoms with van der Waals surface area (Å²) in [5, 5.41) is 8.44. The molecule has 0 atom stereocenters. The monoisotopic (exact) mass is 405 g/mol. The van der Waals surface area contributed by atoms with E-state index < -0.39 is 0 Å². The third-order valence-corrected chi connectivity index (χ3v) is 5.81. The maximum atomic E-state index is 13.4. The average molecular weight is 405 g/mol. The minimum absolute atomic E-state index is 0.0491. The number of likely N-dealkylation sites (tertiary alicyclic amines) is 1. The Balaban J connectivity index is 1.51. The fourth-order valence-corrected chi connectivity index (χ4v) is 4.29. The fourth-order valence-electron chi connectivity index (χ4n) is 4.29. The molecule has 0 unspecified atom stereocenters. The lowest BCUT2D eigenvalue weighted by atomic mass is 10.0. The Hall–Kier alpha value is -3.49. The van der Waals surface area contributed by atoms with Crippen LogP contribution in [0, 0.1) is 0 Å². The molecule has 5 rings (SSSR count). The number of amides is 1. The fraction of sp³-hybridized carbons (Fsp3) is 0.381. The minimum Gasteiger partial charge on any atom is -0.337 e. The van der Waals surface area contributed by atoms with Gasteiger partial charge in [0.15, 0.2) is 0 Å². The van der Waals surface area contributed by atoms with Crippen molar-refractivity contribution in [2.75, 3.05) is 13.1 Å². The zero-order valence-corrected chi connectivity index (χ0v) is 16.8. The molecule has 0 bridgehead atoms. The number of piperidine rings is 1. The Morgan fingerprint density at radius 3 is 2.77 bits per heavy atom. The van der Waals surface area contributed by atoms with E-state index in [0.29, 0.717) is 42.0 Å². The van der Waals surface area contributed by atoms with Crippen LogP contribution in [0.15, 0.2) is 47.7 Å². The van der Waals surface area contributed by atoms with Crippen LogP contribution in [-0.2, 0) is 6.54 Å². The van der Waals surface area contributed by atoms with Gasteiger partial charge in [0.25, 0.3) is 11.5 Å². The first-order valence-electron chi connectivity index (χ1n) is 10.3. The van der Waals surface area contributed by atoms with E-state index in [9.17, 15) is 9.59 Å².